The molecule has 0 saturated heterocycles. The van der Waals surface area contributed by atoms with Crippen molar-refractivity contribution in [3.63, 3.8) is 0 Å². The molecule has 0 aliphatic carbocycles. The maximum Gasteiger partial charge on any atom is 0.0327 e. The smallest absolute Gasteiger partial charge is 0.0327 e. The van der Waals surface area contributed by atoms with Gasteiger partial charge in [-0.25, -0.2) is 0 Å². The van der Waals surface area contributed by atoms with Gasteiger partial charge in [0.05, 0.1) is 0 Å². The summed E-state index contributed by atoms with van der Waals surface area (Å²) < 4.78 is 0. The van der Waals surface area contributed by atoms with Gasteiger partial charge in [-0.2, -0.15) is 0 Å². The summed E-state index contributed by atoms with van der Waals surface area (Å²) in [6, 6.07) is 57.8. The fourth-order valence-electron chi connectivity index (χ4n) is 7.86. The van der Waals surface area contributed by atoms with Crippen LogP contribution in [-0.2, 0) is 21.7 Å². The standard InChI is InChI=1S/C62H62/c1-59(2,3)49-33-23-43(24-34-49)21-27-45-17-13-15-19-53(45)57-41-56(48-31-39-52(40-32-48)62(10,11)12)58(42-55(57)47-29-37-51(38-30-47)61(7,8)9)54-20-16-14-18-46(54)28-22-44-25-35-50(36-26-44)60(4,5)6/h13-20,23-26,29-42H,1-12H3. The Morgan fingerprint density at radius 2 is 0.532 bits per heavy atom. The molecule has 0 radical (unpaired) electrons. The first-order valence-electron chi connectivity index (χ1n) is 22.1. The molecule has 0 N–H and O–H groups in total. The summed E-state index contributed by atoms with van der Waals surface area (Å²) in [5.41, 5.74) is 18.6. The zero-order valence-corrected chi connectivity index (χ0v) is 39.0. The summed E-state index contributed by atoms with van der Waals surface area (Å²) >= 11 is 0. The van der Waals surface area contributed by atoms with Crippen LogP contribution in [0.25, 0.3) is 44.5 Å². The van der Waals surface area contributed by atoms with Crippen LogP contribution >= 0.6 is 0 Å². The van der Waals surface area contributed by atoms with Crippen LogP contribution < -0.4 is 0 Å². The second-order valence-electron chi connectivity index (χ2n) is 20.8. The van der Waals surface area contributed by atoms with Gasteiger partial charge in [0.25, 0.3) is 0 Å². The molecule has 7 rings (SSSR count). The van der Waals surface area contributed by atoms with Crippen LogP contribution in [0, 0.1) is 23.7 Å². The first kappa shape index (κ1) is 43.7. The van der Waals surface area contributed by atoms with E-state index in [9.17, 15) is 0 Å². The molecule has 62 heavy (non-hydrogen) atoms. The third kappa shape index (κ3) is 10.1. The molecule has 7 aromatic rings. The zero-order valence-electron chi connectivity index (χ0n) is 39.0. The van der Waals surface area contributed by atoms with Gasteiger partial charge < -0.3 is 0 Å². The highest BCUT2D eigenvalue weighted by Gasteiger charge is 2.21. The van der Waals surface area contributed by atoms with Gasteiger partial charge in [0.2, 0.25) is 0 Å². The molecule has 0 atom stereocenters. The molecule has 0 nitrogen and oxygen atoms in total. The minimum Gasteiger partial charge on any atom is -0.0616 e. The fraction of sp³-hybridized carbons (Fsp3) is 0.258. The minimum atomic E-state index is 0.0353. The van der Waals surface area contributed by atoms with E-state index in [0.29, 0.717) is 0 Å². The van der Waals surface area contributed by atoms with Gasteiger partial charge in [-0.05, 0) is 137 Å². The third-order valence-electron chi connectivity index (χ3n) is 11.9. The van der Waals surface area contributed by atoms with Crippen LogP contribution in [-0.4, -0.2) is 0 Å². The van der Waals surface area contributed by atoms with E-state index in [2.05, 4.69) is 264 Å². The lowest BCUT2D eigenvalue weighted by Crippen LogP contribution is -2.10. The van der Waals surface area contributed by atoms with Crippen molar-refractivity contribution in [3.8, 4) is 68.2 Å². The topological polar surface area (TPSA) is 0 Å². The molecule has 7 aromatic carbocycles. The quantitative estimate of drug-likeness (QED) is 0.155. The SMILES string of the molecule is CC(C)(C)c1ccc(C#Cc2ccccc2-c2cc(-c3ccc(C(C)(C)C)cc3)c(-c3ccccc3C#Cc3ccc(C(C)(C)C)cc3)cc2-c2ccc(C(C)(C)C)cc2)cc1. The summed E-state index contributed by atoms with van der Waals surface area (Å²) in [5.74, 6) is 14.3. The number of hydrogen-bond acceptors (Lipinski definition) is 0. The molecule has 0 fully saturated rings. The molecule has 0 spiro atoms. The summed E-state index contributed by atoms with van der Waals surface area (Å²) in [4.78, 5) is 0. The van der Waals surface area contributed by atoms with E-state index in [4.69, 9.17) is 0 Å². The molecule has 0 unspecified atom stereocenters. The molecule has 0 aliphatic rings. The molecule has 0 aliphatic heterocycles. The van der Waals surface area contributed by atoms with Crippen LogP contribution in [0.1, 0.15) is 128 Å². The lowest BCUT2D eigenvalue weighted by molar-refractivity contribution is 0.590. The number of benzene rings is 7. The van der Waals surface area contributed by atoms with E-state index in [1.807, 2.05) is 0 Å². The fourth-order valence-corrected chi connectivity index (χ4v) is 7.86. The van der Waals surface area contributed by atoms with Gasteiger partial charge in [0.1, 0.15) is 0 Å². The van der Waals surface area contributed by atoms with Crippen LogP contribution in [0.3, 0.4) is 0 Å². The van der Waals surface area contributed by atoms with Crippen LogP contribution in [0.2, 0.25) is 0 Å². The lowest BCUT2D eigenvalue weighted by atomic mass is 9.81. The van der Waals surface area contributed by atoms with Crippen molar-refractivity contribution >= 4 is 0 Å². The lowest BCUT2D eigenvalue weighted by Gasteiger charge is -2.22. The Morgan fingerprint density at radius 1 is 0.258 bits per heavy atom. The average molecular weight is 807 g/mol. The van der Waals surface area contributed by atoms with Gasteiger partial charge in [-0.1, -0.05) is 216 Å². The predicted molar refractivity (Wildman–Crippen MR) is 268 cm³/mol. The van der Waals surface area contributed by atoms with Gasteiger partial charge in [0, 0.05) is 22.3 Å². The molecular formula is C62H62. The van der Waals surface area contributed by atoms with Crippen molar-refractivity contribution in [1.82, 2.24) is 0 Å². The first-order valence-corrected chi connectivity index (χ1v) is 22.1. The molecule has 0 saturated carbocycles. The van der Waals surface area contributed by atoms with E-state index < -0.39 is 0 Å². The highest BCUT2D eigenvalue weighted by atomic mass is 14.3. The predicted octanol–water partition coefficient (Wildman–Crippen LogP) is 16.3. The third-order valence-corrected chi connectivity index (χ3v) is 11.9. The van der Waals surface area contributed by atoms with E-state index in [0.717, 1.165) is 66.8 Å². The van der Waals surface area contributed by atoms with Gasteiger partial charge in [-0.15, -0.1) is 0 Å². The average Bonchev–Trinajstić information content (AvgIpc) is 3.24. The first-order chi connectivity index (χ1) is 29.3. The van der Waals surface area contributed by atoms with E-state index in [-0.39, 0.29) is 21.7 Å². The molecular weight excluding hydrogens is 745 g/mol. The van der Waals surface area contributed by atoms with Crippen molar-refractivity contribution in [1.29, 1.82) is 0 Å². The number of rotatable bonds is 4. The second-order valence-corrected chi connectivity index (χ2v) is 20.8. The van der Waals surface area contributed by atoms with E-state index >= 15 is 0 Å². The van der Waals surface area contributed by atoms with Gasteiger partial charge in [0.15, 0.2) is 0 Å². The van der Waals surface area contributed by atoms with Crippen molar-refractivity contribution in [2.45, 2.75) is 105 Å². The molecule has 0 aromatic heterocycles. The van der Waals surface area contributed by atoms with Crippen LogP contribution in [0.5, 0.6) is 0 Å². The monoisotopic (exact) mass is 806 g/mol. The second kappa shape index (κ2) is 17.2. The molecule has 0 bridgehead atoms. The van der Waals surface area contributed by atoms with Crippen LogP contribution in [0.4, 0.5) is 0 Å². The Bertz CT molecular complexity index is 2610. The van der Waals surface area contributed by atoms with Crippen molar-refractivity contribution in [2.75, 3.05) is 0 Å². The van der Waals surface area contributed by atoms with Crippen LogP contribution in [0.15, 0.2) is 158 Å². The normalized spacial score (nSPS) is 11.9. The molecule has 310 valence electrons. The van der Waals surface area contributed by atoms with Gasteiger partial charge >= 0.3 is 0 Å². The van der Waals surface area contributed by atoms with Crippen molar-refractivity contribution in [3.05, 3.63) is 202 Å². The Labute approximate surface area is 373 Å². The summed E-state index contributed by atoms with van der Waals surface area (Å²) in [6.45, 7) is 27.1. The number of hydrogen-bond donors (Lipinski definition) is 0. The largest absolute Gasteiger partial charge is 0.0616 e. The highest BCUT2D eigenvalue weighted by molar-refractivity contribution is 5.97. The van der Waals surface area contributed by atoms with Crippen molar-refractivity contribution < 1.29 is 0 Å². The van der Waals surface area contributed by atoms with Crippen molar-refractivity contribution in [2.24, 2.45) is 0 Å². The maximum atomic E-state index is 3.61. The summed E-state index contributed by atoms with van der Waals surface area (Å²) in [7, 11) is 0. The Hall–Kier alpha value is -6.34. The Balaban J connectivity index is 1.47. The Kier molecular flexibility index (Phi) is 12.1. The maximum absolute atomic E-state index is 3.61. The molecule has 0 heterocycles. The van der Waals surface area contributed by atoms with E-state index in [1.54, 1.807) is 0 Å². The van der Waals surface area contributed by atoms with Gasteiger partial charge in [-0.3, -0.25) is 0 Å². The molecule has 0 amide bonds. The molecule has 0 heteroatoms. The summed E-state index contributed by atoms with van der Waals surface area (Å²) in [5, 5.41) is 0. The summed E-state index contributed by atoms with van der Waals surface area (Å²) in [6.07, 6.45) is 0. The highest BCUT2D eigenvalue weighted by Crippen LogP contribution is 2.44. The Morgan fingerprint density at radius 3 is 0.823 bits per heavy atom. The minimum absolute atomic E-state index is 0.0353. The van der Waals surface area contributed by atoms with E-state index in [1.165, 1.54) is 22.3 Å². The zero-order chi connectivity index (χ0) is 44.5.